The molecule has 0 aromatic carbocycles. The monoisotopic (exact) mass is 700 g/mol. The molecule has 3 nitrogen and oxygen atoms in total. The lowest BCUT2D eigenvalue weighted by molar-refractivity contribution is -0.400. The van der Waals surface area contributed by atoms with Crippen LogP contribution in [-0.4, -0.2) is 69.8 Å². The Bertz CT molecular complexity index is 1210. The van der Waals surface area contributed by atoms with Crippen molar-refractivity contribution in [2.45, 2.75) is 65.9 Å². The molecular formula is C15HF25N2O. The zero-order valence-corrected chi connectivity index (χ0v) is 18.3. The van der Waals surface area contributed by atoms with E-state index in [9.17, 15) is 115 Å². The van der Waals surface area contributed by atoms with Gasteiger partial charge in [-0.2, -0.15) is 120 Å². The van der Waals surface area contributed by atoms with E-state index in [4.69, 9.17) is 0 Å². The van der Waals surface area contributed by atoms with Gasteiger partial charge in [-0.05, 0) is 6.07 Å². The van der Waals surface area contributed by atoms with Gasteiger partial charge in [0.1, 0.15) is 11.4 Å². The maximum absolute atomic E-state index is 14.3. The normalized spacial score (nSPS) is 16.1. The molecule has 0 aliphatic carbocycles. The molecule has 1 aromatic heterocycles. The highest BCUT2D eigenvalue weighted by Crippen LogP contribution is 2.60. The number of nitrogens with zero attached hydrogens (tertiary/aromatic N) is 2. The number of hydrogen-bond acceptors (Lipinski definition) is 2. The van der Waals surface area contributed by atoms with E-state index in [1.807, 2.05) is 0 Å². The van der Waals surface area contributed by atoms with Crippen LogP contribution in [0.1, 0.15) is 16.2 Å². The molecule has 0 aliphatic heterocycles. The number of carbonyl (C=O) groups excluding carboxylic acids is 1. The van der Waals surface area contributed by atoms with E-state index in [2.05, 4.69) is 0 Å². The highest BCUT2D eigenvalue weighted by Gasteiger charge is 2.85. The van der Waals surface area contributed by atoms with Crippen LogP contribution in [0.5, 0.6) is 0 Å². The first kappa shape index (κ1) is 38.2. The SMILES string of the molecule is O=C(n1nc(C(F)(F)C(F)(F)C(F)(F)C(F)(F)F)cc1C(F)(F)C(F)(F)C(F)(F)C(F)(F)F)C(F)(F)C(F)(F)C(F)(F)F. The Hall–Kier alpha value is -2.87. The fourth-order valence-corrected chi connectivity index (χ4v) is 2.43. The van der Waals surface area contributed by atoms with Crippen molar-refractivity contribution in [2.75, 3.05) is 0 Å². The first-order chi connectivity index (χ1) is 18.2. The van der Waals surface area contributed by atoms with Crippen molar-refractivity contribution in [2.24, 2.45) is 0 Å². The number of carbonyl (C=O) groups is 1. The molecular weight excluding hydrogens is 699 g/mol. The van der Waals surface area contributed by atoms with Gasteiger partial charge in [0.05, 0.1) is 0 Å². The quantitative estimate of drug-likeness (QED) is 0.257. The molecule has 0 saturated heterocycles. The van der Waals surface area contributed by atoms with Crippen molar-refractivity contribution < 1.29 is 115 Å². The van der Waals surface area contributed by atoms with Crippen LogP contribution in [0, 0.1) is 0 Å². The van der Waals surface area contributed by atoms with Gasteiger partial charge in [0.15, 0.2) is 0 Å². The highest BCUT2D eigenvalue weighted by molar-refractivity contribution is 5.87. The Morgan fingerprint density at radius 3 is 1.07 bits per heavy atom. The maximum atomic E-state index is 14.3. The molecule has 0 unspecified atom stereocenters. The van der Waals surface area contributed by atoms with Gasteiger partial charge >= 0.3 is 71.8 Å². The van der Waals surface area contributed by atoms with Crippen molar-refractivity contribution in [1.82, 2.24) is 9.78 Å². The predicted molar refractivity (Wildman–Crippen MR) is 78.5 cm³/mol. The Kier molecular flexibility index (Phi) is 8.49. The zero-order chi connectivity index (χ0) is 35.2. The second-order valence-corrected chi connectivity index (χ2v) is 7.72. The molecule has 0 spiro atoms. The Morgan fingerprint density at radius 2 is 0.767 bits per heavy atom. The molecule has 252 valence electrons. The van der Waals surface area contributed by atoms with Crippen LogP contribution in [0.2, 0.25) is 0 Å². The van der Waals surface area contributed by atoms with E-state index in [0.717, 1.165) is 5.10 Å². The average Bonchev–Trinajstić information content (AvgIpc) is 3.22. The molecule has 1 heterocycles. The van der Waals surface area contributed by atoms with Crippen molar-refractivity contribution in [3.05, 3.63) is 17.5 Å². The molecule has 0 aliphatic rings. The van der Waals surface area contributed by atoms with Gasteiger partial charge in [0.2, 0.25) is 0 Å². The number of alkyl halides is 25. The van der Waals surface area contributed by atoms with E-state index in [1.165, 1.54) is 0 Å². The van der Waals surface area contributed by atoms with Crippen LogP contribution in [0.3, 0.4) is 0 Å². The van der Waals surface area contributed by atoms with Gasteiger partial charge in [0, 0.05) is 0 Å². The van der Waals surface area contributed by atoms with Crippen molar-refractivity contribution >= 4 is 5.91 Å². The smallest absolute Gasteiger partial charge is 0.265 e. The van der Waals surface area contributed by atoms with Crippen LogP contribution < -0.4 is 0 Å². The lowest BCUT2D eigenvalue weighted by Crippen LogP contribution is -2.61. The lowest BCUT2D eigenvalue weighted by Gasteiger charge is -2.34. The predicted octanol–water partition coefficient (Wildman–Crippen LogP) is 8.21. The second-order valence-electron chi connectivity index (χ2n) is 7.72. The van der Waals surface area contributed by atoms with Gasteiger partial charge in [-0.25, -0.2) is 0 Å². The lowest BCUT2D eigenvalue weighted by atomic mass is 9.98. The number of hydrogen-bond donors (Lipinski definition) is 0. The average molecular weight is 700 g/mol. The van der Waals surface area contributed by atoms with Gasteiger partial charge in [0.25, 0.3) is 0 Å². The Balaban J connectivity index is 4.31. The summed E-state index contributed by atoms with van der Waals surface area (Å²) in [5.41, 5.74) is -8.83. The number of rotatable bonds is 8. The highest BCUT2D eigenvalue weighted by atomic mass is 19.4. The third-order valence-electron chi connectivity index (χ3n) is 4.85. The summed E-state index contributed by atoms with van der Waals surface area (Å²) < 4.78 is 325. The number of aromatic nitrogens is 2. The fourth-order valence-electron chi connectivity index (χ4n) is 2.43. The fraction of sp³-hybridized carbons (Fsp3) is 0.733. The third-order valence-corrected chi connectivity index (χ3v) is 4.85. The molecule has 43 heavy (non-hydrogen) atoms. The number of halogens is 25. The van der Waals surface area contributed by atoms with Crippen molar-refractivity contribution in [1.29, 1.82) is 0 Å². The largest absolute Gasteiger partial charge is 0.460 e. The standard InChI is InChI=1S/C15HF25N2O/c16-5(17,8(22,23)11(28,29)14(35,36)37)2-1-3(6(18,19)9(24,25)12(30,31)15(38,39)40)42(41-2)4(43)7(20,21)10(26,27)13(32,33)34/h1H. The van der Waals surface area contributed by atoms with Crippen LogP contribution in [0.4, 0.5) is 110 Å². The minimum absolute atomic E-state index is 0.946. The van der Waals surface area contributed by atoms with Gasteiger partial charge in [-0.3, -0.25) is 4.79 Å². The molecule has 1 rings (SSSR count). The molecule has 0 saturated carbocycles. The van der Waals surface area contributed by atoms with E-state index < -0.39 is 94.0 Å². The van der Waals surface area contributed by atoms with Crippen LogP contribution >= 0.6 is 0 Å². The summed E-state index contributed by atoms with van der Waals surface area (Å²) >= 11 is 0. The minimum atomic E-state index is -8.39. The van der Waals surface area contributed by atoms with E-state index >= 15 is 0 Å². The van der Waals surface area contributed by atoms with Gasteiger partial charge in [-0.15, -0.1) is 0 Å². The first-order valence-corrected chi connectivity index (χ1v) is 9.13. The van der Waals surface area contributed by atoms with E-state index in [0.29, 0.717) is 0 Å². The summed E-state index contributed by atoms with van der Waals surface area (Å²) in [5, 5.41) is 0.946. The molecule has 0 bridgehead atoms. The molecule has 0 fully saturated rings. The van der Waals surface area contributed by atoms with E-state index in [1.54, 1.807) is 0 Å². The zero-order valence-electron chi connectivity index (χ0n) is 18.3. The summed E-state index contributed by atoms with van der Waals surface area (Å²) in [6.07, 6.45) is -23.5. The summed E-state index contributed by atoms with van der Waals surface area (Å²) in [6, 6.07) is -2.42. The van der Waals surface area contributed by atoms with Crippen molar-refractivity contribution in [3.63, 3.8) is 0 Å². The maximum Gasteiger partial charge on any atom is 0.460 e. The Labute approximate surface area is 215 Å². The molecule has 0 radical (unpaired) electrons. The third kappa shape index (κ3) is 5.07. The first-order valence-electron chi connectivity index (χ1n) is 9.13. The van der Waals surface area contributed by atoms with Crippen LogP contribution in [0.25, 0.3) is 0 Å². The minimum Gasteiger partial charge on any atom is -0.265 e. The summed E-state index contributed by atoms with van der Waals surface area (Å²) in [4.78, 5) is 11.6. The van der Waals surface area contributed by atoms with Gasteiger partial charge < -0.3 is 0 Å². The van der Waals surface area contributed by atoms with Crippen LogP contribution in [-0.2, 0) is 11.8 Å². The molecule has 28 heteroatoms. The molecule has 0 atom stereocenters. The summed E-state index contributed by atoms with van der Waals surface area (Å²) in [7, 11) is 0. The van der Waals surface area contributed by atoms with E-state index in [-0.39, 0.29) is 0 Å². The summed E-state index contributed by atoms with van der Waals surface area (Å²) in [5.74, 6) is -69.6. The molecule has 0 amide bonds. The van der Waals surface area contributed by atoms with Crippen molar-refractivity contribution in [3.8, 4) is 0 Å². The Morgan fingerprint density at radius 1 is 0.465 bits per heavy atom. The molecule has 0 N–H and O–H groups in total. The summed E-state index contributed by atoms with van der Waals surface area (Å²) in [6.45, 7) is 0. The van der Waals surface area contributed by atoms with Crippen LogP contribution in [0.15, 0.2) is 6.07 Å². The van der Waals surface area contributed by atoms with Gasteiger partial charge in [-0.1, -0.05) is 0 Å². The topological polar surface area (TPSA) is 34.9 Å². The molecule has 1 aromatic rings. The second kappa shape index (κ2) is 9.56.